The van der Waals surface area contributed by atoms with Crippen molar-refractivity contribution in [3.8, 4) is 6.07 Å². The number of hydrogen-bond donors (Lipinski definition) is 2. The van der Waals surface area contributed by atoms with Crippen molar-refractivity contribution in [2.24, 2.45) is 0 Å². The zero-order chi connectivity index (χ0) is 14.5. The molecule has 2 aromatic rings. The minimum Gasteiger partial charge on any atom is -0.387 e. The van der Waals surface area contributed by atoms with Gasteiger partial charge in [0.05, 0.1) is 17.7 Å². The minimum absolute atomic E-state index is 0.150. The van der Waals surface area contributed by atoms with Crippen LogP contribution in [0.5, 0.6) is 0 Å². The summed E-state index contributed by atoms with van der Waals surface area (Å²) in [6.07, 6.45) is -0.809. The first-order valence-corrected chi connectivity index (χ1v) is 5.97. The predicted octanol–water partition coefficient (Wildman–Crippen LogP) is 2.98. The van der Waals surface area contributed by atoms with Gasteiger partial charge >= 0.3 is 0 Å². The highest BCUT2D eigenvalue weighted by molar-refractivity contribution is 5.44. The number of halogens is 2. The van der Waals surface area contributed by atoms with Crippen LogP contribution in [-0.2, 0) is 0 Å². The lowest BCUT2D eigenvalue weighted by atomic mass is 10.1. The molecule has 1 atom stereocenters. The predicted molar refractivity (Wildman–Crippen MR) is 71.0 cm³/mol. The van der Waals surface area contributed by atoms with E-state index in [-0.39, 0.29) is 6.54 Å². The normalized spacial score (nSPS) is 11.7. The number of nitriles is 1. The SMILES string of the molecule is N#Cc1ccc(C(O)CNc2ccc(F)c(F)c2)cc1. The van der Waals surface area contributed by atoms with E-state index in [9.17, 15) is 13.9 Å². The molecule has 2 aromatic carbocycles. The van der Waals surface area contributed by atoms with Crippen LogP contribution in [0.3, 0.4) is 0 Å². The number of nitrogens with one attached hydrogen (secondary N) is 1. The molecule has 0 heterocycles. The number of benzene rings is 2. The van der Waals surface area contributed by atoms with Crippen LogP contribution in [0.25, 0.3) is 0 Å². The molecule has 0 fully saturated rings. The Labute approximate surface area is 115 Å². The van der Waals surface area contributed by atoms with Crippen LogP contribution in [0.15, 0.2) is 42.5 Å². The van der Waals surface area contributed by atoms with Crippen LogP contribution in [0.1, 0.15) is 17.2 Å². The summed E-state index contributed by atoms with van der Waals surface area (Å²) < 4.78 is 25.8. The first-order valence-electron chi connectivity index (χ1n) is 5.97. The molecular weight excluding hydrogens is 262 g/mol. The van der Waals surface area contributed by atoms with Gasteiger partial charge in [0.2, 0.25) is 0 Å². The van der Waals surface area contributed by atoms with Crippen molar-refractivity contribution in [1.82, 2.24) is 0 Å². The Morgan fingerprint density at radius 3 is 2.40 bits per heavy atom. The molecule has 0 aliphatic heterocycles. The zero-order valence-corrected chi connectivity index (χ0v) is 10.5. The lowest BCUT2D eigenvalue weighted by molar-refractivity contribution is 0.191. The number of rotatable bonds is 4. The molecule has 0 saturated carbocycles. The largest absolute Gasteiger partial charge is 0.387 e. The van der Waals surface area contributed by atoms with E-state index in [1.165, 1.54) is 6.07 Å². The maximum absolute atomic E-state index is 13.0. The van der Waals surface area contributed by atoms with Crippen LogP contribution >= 0.6 is 0 Å². The first-order chi connectivity index (χ1) is 9.60. The summed E-state index contributed by atoms with van der Waals surface area (Å²) in [7, 11) is 0. The van der Waals surface area contributed by atoms with E-state index in [1.54, 1.807) is 24.3 Å². The summed E-state index contributed by atoms with van der Waals surface area (Å²) in [6.45, 7) is 0.150. The molecule has 5 heteroatoms. The van der Waals surface area contributed by atoms with Crippen molar-refractivity contribution in [2.45, 2.75) is 6.10 Å². The van der Waals surface area contributed by atoms with E-state index in [4.69, 9.17) is 5.26 Å². The summed E-state index contributed by atoms with van der Waals surface area (Å²) in [5.41, 5.74) is 1.53. The molecule has 0 aromatic heterocycles. The van der Waals surface area contributed by atoms with E-state index in [0.29, 0.717) is 16.8 Å². The lowest BCUT2D eigenvalue weighted by Crippen LogP contribution is -2.12. The summed E-state index contributed by atoms with van der Waals surface area (Å²) in [4.78, 5) is 0. The molecule has 0 amide bonds. The van der Waals surface area contributed by atoms with E-state index < -0.39 is 17.7 Å². The highest BCUT2D eigenvalue weighted by atomic mass is 19.2. The van der Waals surface area contributed by atoms with Gasteiger partial charge < -0.3 is 10.4 Å². The molecule has 0 saturated heterocycles. The Bertz CT molecular complexity index is 635. The van der Waals surface area contributed by atoms with Crippen LogP contribution < -0.4 is 5.32 Å². The van der Waals surface area contributed by atoms with Crippen molar-refractivity contribution in [2.75, 3.05) is 11.9 Å². The second-order valence-electron chi connectivity index (χ2n) is 4.26. The Balaban J connectivity index is 1.99. The molecule has 1 unspecified atom stereocenters. The van der Waals surface area contributed by atoms with Crippen LogP contribution in [0, 0.1) is 23.0 Å². The summed E-state index contributed by atoms with van der Waals surface area (Å²) in [6, 6.07) is 11.9. The smallest absolute Gasteiger partial charge is 0.160 e. The van der Waals surface area contributed by atoms with Crippen LogP contribution in [-0.4, -0.2) is 11.7 Å². The van der Waals surface area contributed by atoms with Gasteiger partial charge in [0.25, 0.3) is 0 Å². The van der Waals surface area contributed by atoms with Crippen molar-refractivity contribution >= 4 is 5.69 Å². The molecule has 0 spiro atoms. The van der Waals surface area contributed by atoms with Gasteiger partial charge in [0.15, 0.2) is 11.6 Å². The maximum atomic E-state index is 13.0. The van der Waals surface area contributed by atoms with E-state index in [0.717, 1.165) is 12.1 Å². The quantitative estimate of drug-likeness (QED) is 0.901. The third-order valence-electron chi connectivity index (χ3n) is 2.84. The lowest BCUT2D eigenvalue weighted by Gasteiger charge is -2.13. The number of aliphatic hydroxyl groups is 1. The average molecular weight is 274 g/mol. The maximum Gasteiger partial charge on any atom is 0.160 e. The third-order valence-corrected chi connectivity index (χ3v) is 2.84. The van der Waals surface area contributed by atoms with Gasteiger partial charge in [-0.2, -0.15) is 5.26 Å². The molecule has 2 rings (SSSR count). The van der Waals surface area contributed by atoms with E-state index >= 15 is 0 Å². The average Bonchev–Trinajstić information content (AvgIpc) is 2.48. The molecule has 0 bridgehead atoms. The molecule has 2 N–H and O–H groups in total. The molecule has 102 valence electrons. The van der Waals surface area contributed by atoms with Crippen LogP contribution in [0.4, 0.5) is 14.5 Å². The van der Waals surface area contributed by atoms with Gasteiger partial charge in [0, 0.05) is 18.3 Å². The van der Waals surface area contributed by atoms with Gasteiger partial charge in [-0.1, -0.05) is 12.1 Å². The second kappa shape index (κ2) is 6.13. The van der Waals surface area contributed by atoms with Crippen LogP contribution in [0.2, 0.25) is 0 Å². The minimum atomic E-state index is -0.942. The molecule has 0 aliphatic rings. The van der Waals surface area contributed by atoms with Gasteiger partial charge in [-0.3, -0.25) is 0 Å². The van der Waals surface area contributed by atoms with E-state index in [1.807, 2.05) is 6.07 Å². The van der Waals surface area contributed by atoms with E-state index in [2.05, 4.69) is 5.32 Å². The monoisotopic (exact) mass is 274 g/mol. The fourth-order valence-electron chi connectivity index (χ4n) is 1.72. The second-order valence-corrected chi connectivity index (χ2v) is 4.26. The highest BCUT2D eigenvalue weighted by Gasteiger charge is 2.08. The highest BCUT2D eigenvalue weighted by Crippen LogP contribution is 2.17. The standard InChI is InChI=1S/C15H12F2N2O/c16-13-6-5-12(7-14(13)17)19-9-15(20)11-3-1-10(8-18)2-4-11/h1-7,15,19-20H,9H2. The fourth-order valence-corrected chi connectivity index (χ4v) is 1.72. The molecular formula is C15H12F2N2O. The van der Waals surface area contributed by atoms with Crippen molar-refractivity contribution < 1.29 is 13.9 Å². The Kier molecular flexibility index (Phi) is 4.28. The third kappa shape index (κ3) is 3.31. The molecule has 0 radical (unpaired) electrons. The molecule has 20 heavy (non-hydrogen) atoms. The van der Waals surface area contributed by atoms with Gasteiger partial charge in [0.1, 0.15) is 0 Å². The first kappa shape index (κ1) is 14.0. The molecule has 0 aliphatic carbocycles. The van der Waals surface area contributed by atoms with Crippen molar-refractivity contribution in [1.29, 1.82) is 5.26 Å². The summed E-state index contributed by atoms with van der Waals surface area (Å²) in [5.74, 6) is -1.86. The molecule has 3 nitrogen and oxygen atoms in total. The Morgan fingerprint density at radius 2 is 1.80 bits per heavy atom. The number of aliphatic hydroxyl groups excluding tert-OH is 1. The van der Waals surface area contributed by atoms with Gasteiger partial charge in [-0.05, 0) is 29.8 Å². The topological polar surface area (TPSA) is 56.0 Å². The van der Waals surface area contributed by atoms with Gasteiger partial charge in [-0.25, -0.2) is 8.78 Å². The number of hydrogen-bond acceptors (Lipinski definition) is 3. The summed E-state index contributed by atoms with van der Waals surface area (Å²) in [5, 5.41) is 21.5. The zero-order valence-electron chi connectivity index (χ0n) is 10.5. The number of anilines is 1. The Morgan fingerprint density at radius 1 is 1.10 bits per heavy atom. The van der Waals surface area contributed by atoms with Crippen molar-refractivity contribution in [3.63, 3.8) is 0 Å². The van der Waals surface area contributed by atoms with Gasteiger partial charge in [-0.15, -0.1) is 0 Å². The Hall–Kier alpha value is -2.45. The fraction of sp³-hybridized carbons (Fsp3) is 0.133. The number of nitrogens with zero attached hydrogens (tertiary/aromatic N) is 1. The van der Waals surface area contributed by atoms with Crippen molar-refractivity contribution in [3.05, 3.63) is 65.2 Å². The summed E-state index contributed by atoms with van der Waals surface area (Å²) >= 11 is 0.